The Bertz CT molecular complexity index is 482. The summed E-state index contributed by atoms with van der Waals surface area (Å²) in [6.45, 7) is 1.99. The minimum absolute atomic E-state index is 0.0531. The lowest BCUT2D eigenvalue weighted by Gasteiger charge is -2.31. The monoisotopic (exact) mass is 263 g/mol. The van der Waals surface area contributed by atoms with Gasteiger partial charge < -0.3 is 10.6 Å². The highest BCUT2D eigenvalue weighted by atomic mass is 16.6. The first-order valence-electron chi connectivity index (χ1n) is 6.35. The summed E-state index contributed by atoms with van der Waals surface area (Å²) >= 11 is 0. The van der Waals surface area contributed by atoms with E-state index in [4.69, 9.17) is 5.73 Å². The lowest BCUT2D eigenvalue weighted by molar-refractivity contribution is -0.384. The van der Waals surface area contributed by atoms with E-state index in [2.05, 4.69) is 0 Å². The molecule has 0 aromatic heterocycles. The van der Waals surface area contributed by atoms with Crippen LogP contribution in [0.1, 0.15) is 23.2 Å². The van der Waals surface area contributed by atoms with Crippen LogP contribution < -0.4 is 5.73 Å². The number of nitro benzene ring substituents is 1. The van der Waals surface area contributed by atoms with Crippen molar-refractivity contribution in [2.24, 2.45) is 11.7 Å². The van der Waals surface area contributed by atoms with Gasteiger partial charge in [0.1, 0.15) is 0 Å². The number of nitrogens with two attached hydrogens (primary N) is 1. The molecule has 1 aliphatic rings. The maximum atomic E-state index is 12.2. The molecule has 0 aliphatic carbocycles. The first kappa shape index (κ1) is 13.5. The Labute approximate surface area is 111 Å². The lowest BCUT2D eigenvalue weighted by Crippen LogP contribution is -2.40. The van der Waals surface area contributed by atoms with E-state index in [1.165, 1.54) is 18.2 Å². The summed E-state index contributed by atoms with van der Waals surface area (Å²) in [7, 11) is 0. The van der Waals surface area contributed by atoms with Gasteiger partial charge in [-0.3, -0.25) is 14.9 Å². The fourth-order valence-electron chi connectivity index (χ4n) is 2.31. The summed E-state index contributed by atoms with van der Waals surface area (Å²) in [5.74, 6) is 0.341. The fourth-order valence-corrected chi connectivity index (χ4v) is 2.31. The minimum Gasteiger partial charge on any atom is -0.339 e. The highest BCUT2D eigenvalue weighted by molar-refractivity contribution is 5.94. The van der Waals surface area contributed by atoms with Crippen molar-refractivity contribution in [1.29, 1.82) is 0 Å². The second kappa shape index (κ2) is 5.79. The maximum Gasteiger partial charge on any atom is 0.270 e. The van der Waals surface area contributed by atoms with Crippen LogP contribution in [0.25, 0.3) is 0 Å². The summed E-state index contributed by atoms with van der Waals surface area (Å²) in [5.41, 5.74) is 5.93. The SMILES string of the molecule is NCC1CCN(C(=O)c2cccc([N+](=O)[O-])c2)CC1. The number of carbonyl (C=O) groups excluding carboxylic acids is 1. The van der Waals surface area contributed by atoms with Crippen molar-refractivity contribution in [3.63, 3.8) is 0 Å². The van der Waals surface area contributed by atoms with Crippen LogP contribution in [0.4, 0.5) is 5.69 Å². The topological polar surface area (TPSA) is 89.5 Å². The van der Waals surface area contributed by atoms with Crippen LogP contribution in [-0.2, 0) is 0 Å². The second-order valence-electron chi connectivity index (χ2n) is 4.78. The van der Waals surface area contributed by atoms with E-state index >= 15 is 0 Å². The normalized spacial score (nSPS) is 16.4. The van der Waals surface area contributed by atoms with Crippen LogP contribution >= 0.6 is 0 Å². The quantitative estimate of drug-likeness (QED) is 0.659. The van der Waals surface area contributed by atoms with Crippen molar-refractivity contribution < 1.29 is 9.72 Å². The number of benzene rings is 1. The molecule has 0 radical (unpaired) electrons. The Morgan fingerprint density at radius 3 is 2.68 bits per heavy atom. The molecule has 0 saturated carbocycles. The van der Waals surface area contributed by atoms with Gasteiger partial charge in [-0.25, -0.2) is 0 Å². The van der Waals surface area contributed by atoms with E-state index in [1.807, 2.05) is 0 Å². The molecule has 1 amide bonds. The molecule has 0 spiro atoms. The number of nitro groups is 1. The highest BCUT2D eigenvalue weighted by Gasteiger charge is 2.23. The van der Waals surface area contributed by atoms with Crippen LogP contribution in [-0.4, -0.2) is 35.4 Å². The van der Waals surface area contributed by atoms with Crippen LogP contribution in [0, 0.1) is 16.0 Å². The van der Waals surface area contributed by atoms with Gasteiger partial charge in [0.15, 0.2) is 0 Å². The molecule has 1 aromatic carbocycles. The van der Waals surface area contributed by atoms with Gasteiger partial charge in [0.05, 0.1) is 4.92 Å². The van der Waals surface area contributed by atoms with Gasteiger partial charge in [-0.15, -0.1) is 0 Å². The molecule has 19 heavy (non-hydrogen) atoms. The standard InChI is InChI=1S/C13H17N3O3/c14-9-10-4-6-15(7-5-10)13(17)11-2-1-3-12(8-11)16(18)19/h1-3,8,10H,4-7,9,14H2. The average Bonchev–Trinajstić information content (AvgIpc) is 2.46. The molecule has 6 heteroatoms. The van der Waals surface area contributed by atoms with Gasteiger partial charge in [0, 0.05) is 30.8 Å². The van der Waals surface area contributed by atoms with E-state index in [9.17, 15) is 14.9 Å². The predicted octanol–water partition coefficient (Wildman–Crippen LogP) is 1.41. The molecule has 6 nitrogen and oxygen atoms in total. The zero-order chi connectivity index (χ0) is 13.8. The third-order valence-electron chi connectivity index (χ3n) is 3.54. The second-order valence-corrected chi connectivity index (χ2v) is 4.78. The Morgan fingerprint density at radius 1 is 1.42 bits per heavy atom. The van der Waals surface area contributed by atoms with Crippen molar-refractivity contribution in [2.45, 2.75) is 12.8 Å². The van der Waals surface area contributed by atoms with E-state index in [-0.39, 0.29) is 11.6 Å². The minimum atomic E-state index is -0.489. The van der Waals surface area contributed by atoms with Gasteiger partial charge in [0.25, 0.3) is 11.6 Å². The number of rotatable bonds is 3. The van der Waals surface area contributed by atoms with Crippen LogP contribution in [0.2, 0.25) is 0 Å². The number of hydrogen-bond donors (Lipinski definition) is 1. The van der Waals surface area contributed by atoms with Gasteiger partial charge in [-0.1, -0.05) is 6.07 Å². The summed E-state index contributed by atoms with van der Waals surface area (Å²) in [6.07, 6.45) is 1.80. The smallest absolute Gasteiger partial charge is 0.270 e. The van der Waals surface area contributed by atoms with Crippen molar-refractivity contribution in [3.8, 4) is 0 Å². The zero-order valence-electron chi connectivity index (χ0n) is 10.6. The Morgan fingerprint density at radius 2 is 2.11 bits per heavy atom. The number of amides is 1. The summed E-state index contributed by atoms with van der Waals surface area (Å²) in [5, 5.41) is 10.7. The fraction of sp³-hybridized carbons (Fsp3) is 0.462. The third kappa shape index (κ3) is 3.08. The molecular formula is C13H17N3O3. The van der Waals surface area contributed by atoms with E-state index in [1.54, 1.807) is 11.0 Å². The maximum absolute atomic E-state index is 12.2. The average molecular weight is 263 g/mol. The van der Waals surface area contributed by atoms with E-state index in [0.717, 1.165) is 12.8 Å². The number of likely N-dealkylation sites (tertiary alicyclic amines) is 1. The highest BCUT2D eigenvalue weighted by Crippen LogP contribution is 2.20. The molecule has 1 aliphatic heterocycles. The zero-order valence-corrected chi connectivity index (χ0v) is 10.6. The predicted molar refractivity (Wildman–Crippen MR) is 70.8 cm³/mol. The summed E-state index contributed by atoms with van der Waals surface area (Å²) in [4.78, 5) is 24.2. The summed E-state index contributed by atoms with van der Waals surface area (Å²) in [6, 6.07) is 5.87. The number of nitrogens with zero attached hydrogens (tertiary/aromatic N) is 2. The number of non-ortho nitro benzene ring substituents is 1. The Balaban J connectivity index is 2.08. The molecule has 0 atom stereocenters. The largest absolute Gasteiger partial charge is 0.339 e. The van der Waals surface area contributed by atoms with Crippen LogP contribution in [0.15, 0.2) is 24.3 Å². The molecule has 1 fully saturated rings. The molecular weight excluding hydrogens is 246 g/mol. The van der Waals surface area contributed by atoms with Crippen molar-refractivity contribution in [1.82, 2.24) is 4.90 Å². The number of hydrogen-bond acceptors (Lipinski definition) is 4. The van der Waals surface area contributed by atoms with Crippen molar-refractivity contribution in [2.75, 3.05) is 19.6 Å². The Kier molecular flexibility index (Phi) is 4.11. The third-order valence-corrected chi connectivity index (χ3v) is 3.54. The van der Waals surface area contributed by atoms with Gasteiger partial charge >= 0.3 is 0 Å². The van der Waals surface area contributed by atoms with Gasteiger partial charge in [0.2, 0.25) is 0 Å². The van der Waals surface area contributed by atoms with E-state index in [0.29, 0.717) is 31.1 Å². The lowest BCUT2D eigenvalue weighted by atomic mass is 9.96. The van der Waals surface area contributed by atoms with Crippen molar-refractivity contribution >= 4 is 11.6 Å². The molecule has 1 aromatic rings. The molecule has 2 rings (SSSR count). The molecule has 1 saturated heterocycles. The molecule has 0 unspecified atom stereocenters. The summed E-state index contributed by atoms with van der Waals surface area (Å²) < 4.78 is 0. The first-order valence-corrected chi connectivity index (χ1v) is 6.35. The van der Waals surface area contributed by atoms with Gasteiger partial charge in [-0.2, -0.15) is 0 Å². The molecule has 102 valence electrons. The molecule has 1 heterocycles. The van der Waals surface area contributed by atoms with Crippen molar-refractivity contribution in [3.05, 3.63) is 39.9 Å². The van der Waals surface area contributed by atoms with Crippen LogP contribution in [0.3, 0.4) is 0 Å². The van der Waals surface area contributed by atoms with Crippen LogP contribution in [0.5, 0.6) is 0 Å². The molecule has 2 N–H and O–H groups in total. The first-order chi connectivity index (χ1) is 9.11. The number of carbonyl (C=O) groups is 1. The van der Waals surface area contributed by atoms with E-state index < -0.39 is 4.92 Å². The number of piperidine rings is 1. The Hall–Kier alpha value is -1.95. The van der Waals surface area contributed by atoms with Gasteiger partial charge in [-0.05, 0) is 31.4 Å². The molecule has 0 bridgehead atoms.